The van der Waals surface area contributed by atoms with Crippen molar-refractivity contribution in [1.29, 1.82) is 0 Å². The maximum atomic E-state index is 10.4. The van der Waals surface area contributed by atoms with Crippen LogP contribution in [0.4, 0.5) is 0 Å². The quantitative estimate of drug-likeness (QED) is 0.924. The van der Waals surface area contributed by atoms with E-state index >= 15 is 0 Å². The zero-order valence-corrected chi connectivity index (χ0v) is 11.6. The summed E-state index contributed by atoms with van der Waals surface area (Å²) in [5.74, 6) is 0.898. The number of ether oxygens (including phenoxy) is 1. The minimum atomic E-state index is -0.614. The highest BCUT2D eigenvalue weighted by Crippen LogP contribution is 2.22. The summed E-state index contributed by atoms with van der Waals surface area (Å²) in [5, 5.41) is 10.4. The maximum Gasteiger partial charge on any atom is 0.169 e. The van der Waals surface area contributed by atoms with E-state index < -0.39 is 5.60 Å². The van der Waals surface area contributed by atoms with Crippen molar-refractivity contribution < 1.29 is 14.3 Å². The number of hydrogen-bond donors (Lipinski definition) is 1. The number of likely N-dealkylation sites (N-methyl/N-ethyl adjacent to an activating group) is 1. The van der Waals surface area contributed by atoms with E-state index in [-0.39, 0.29) is 0 Å². The van der Waals surface area contributed by atoms with E-state index in [2.05, 4.69) is 20.8 Å². The molecule has 0 atom stereocenters. The average molecular weight is 304 g/mol. The van der Waals surface area contributed by atoms with E-state index in [9.17, 15) is 5.11 Å². The normalized spacial score (nSPS) is 19.8. The lowest BCUT2D eigenvalue weighted by Gasteiger charge is -2.35. The minimum absolute atomic E-state index is 0.614. The fourth-order valence-electron chi connectivity index (χ4n) is 2.17. The zero-order valence-electron chi connectivity index (χ0n) is 9.99. The Morgan fingerprint density at radius 3 is 2.71 bits per heavy atom. The van der Waals surface area contributed by atoms with Crippen LogP contribution in [0.1, 0.15) is 18.6 Å². The van der Waals surface area contributed by atoms with Crippen molar-refractivity contribution in [1.82, 2.24) is 4.90 Å². The van der Waals surface area contributed by atoms with Crippen molar-refractivity contribution in [3.63, 3.8) is 0 Å². The Hall–Kier alpha value is -0.360. The number of halogens is 1. The van der Waals surface area contributed by atoms with Gasteiger partial charge in [0.15, 0.2) is 4.67 Å². The zero-order chi connectivity index (χ0) is 12.3. The molecule has 1 saturated heterocycles. The lowest BCUT2D eigenvalue weighted by molar-refractivity contribution is -0.0782. The van der Waals surface area contributed by atoms with Crippen LogP contribution in [0, 0.1) is 0 Å². The fraction of sp³-hybridized carbons (Fsp3) is 0.667. The summed E-state index contributed by atoms with van der Waals surface area (Å²) < 4.78 is 11.5. The molecular weight excluding hydrogens is 286 g/mol. The molecule has 0 spiro atoms. The molecule has 1 fully saturated rings. The molecule has 96 valence electrons. The molecule has 0 aromatic carbocycles. The Balaban J connectivity index is 1.85. The second kappa shape index (κ2) is 5.52. The van der Waals surface area contributed by atoms with Crippen molar-refractivity contribution >= 4 is 15.9 Å². The number of rotatable bonds is 4. The van der Waals surface area contributed by atoms with Crippen LogP contribution in [0.15, 0.2) is 21.2 Å². The summed E-state index contributed by atoms with van der Waals surface area (Å²) in [6.07, 6.45) is 1.42. The van der Waals surface area contributed by atoms with Gasteiger partial charge in [-0.3, -0.25) is 4.90 Å². The first-order valence-electron chi connectivity index (χ1n) is 5.80. The Labute approximate surface area is 110 Å². The van der Waals surface area contributed by atoms with Gasteiger partial charge in [-0.2, -0.15) is 0 Å². The smallest absolute Gasteiger partial charge is 0.169 e. The molecule has 0 radical (unpaired) electrons. The van der Waals surface area contributed by atoms with Crippen LogP contribution in [0.2, 0.25) is 0 Å². The van der Waals surface area contributed by atoms with Gasteiger partial charge in [0.25, 0.3) is 0 Å². The molecular formula is C12H18BrNO3. The Bertz CT molecular complexity index is 360. The molecule has 1 aromatic rings. The third-order valence-corrected chi connectivity index (χ3v) is 3.47. The summed E-state index contributed by atoms with van der Waals surface area (Å²) >= 11 is 3.28. The molecule has 2 heterocycles. The molecule has 17 heavy (non-hydrogen) atoms. The van der Waals surface area contributed by atoms with Crippen LogP contribution >= 0.6 is 15.9 Å². The standard InChI is InChI=1S/C12H18BrNO3/c1-14(8-10-2-3-11(13)17-10)9-12(15)4-6-16-7-5-12/h2-3,15H,4-9H2,1H3. The van der Waals surface area contributed by atoms with Gasteiger partial charge < -0.3 is 14.3 Å². The van der Waals surface area contributed by atoms with E-state index in [1.54, 1.807) is 0 Å². The Kier molecular flexibility index (Phi) is 4.25. The Morgan fingerprint density at radius 1 is 1.41 bits per heavy atom. The number of hydrogen-bond acceptors (Lipinski definition) is 4. The molecule has 0 aliphatic carbocycles. The van der Waals surface area contributed by atoms with Crippen molar-refractivity contribution in [3.05, 3.63) is 22.6 Å². The van der Waals surface area contributed by atoms with Crippen LogP contribution < -0.4 is 0 Å². The van der Waals surface area contributed by atoms with Gasteiger partial charge in [-0.25, -0.2) is 0 Å². The van der Waals surface area contributed by atoms with Gasteiger partial charge in [0.2, 0.25) is 0 Å². The molecule has 0 saturated carbocycles. The summed E-state index contributed by atoms with van der Waals surface area (Å²) in [5.41, 5.74) is -0.614. The van der Waals surface area contributed by atoms with Gasteiger partial charge in [-0.05, 0) is 35.1 Å². The molecule has 1 aromatic heterocycles. The molecule has 0 unspecified atom stereocenters. The monoisotopic (exact) mass is 303 g/mol. The first kappa shape index (κ1) is 13.1. The van der Waals surface area contributed by atoms with Gasteiger partial charge in [-0.1, -0.05) is 0 Å². The van der Waals surface area contributed by atoms with Crippen LogP contribution in [0.5, 0.6) is 0 Å². The second-order valence-corrected chi connectivity index (χ2v) is 5.50. The molecule has 0 amide bonds. The maximum absolute atomic E-state index is 10.4. The molecule has 1 N–H and O–H groups in total. The second-order valence-electron chi connectivity index (χ2n) is 4.71. The summed E-state index contributed by atoms with van der Waals surface area (Å²) in [6, 6.07) is 3.82. The van der Waals surface area contributed by atoms with Gasteiger partial charge in [0.05, 0.1) is 12.1 Å². The van der Waals surface area contributed by atoms with E-state index in [4.69, 9.17) is 9.15 Å². The van der Waals surface area contributed by atoms with Gasteiger partial charge in [-0.15, -0.1) is 0 Å². The summed E-state index contributed by atoms with van der Waals surface area (Å²) in [6.45, 7) is 2.65. The fourth-order valence-corrected chi connectivity index (χ4v) is 2.51. The molecule has 1 aliphatic rings. The largest absolute Gasteiger partial charge is 0.453 e. The van der Waals surface area contributed by atoms with E-state index in [1.165, 1.54) is 0 Å². The van der Waals surface area contributed by atoms with Gasteiger partial charge in [0, 0.05) is 32.6 Å². The molecule has 5 heteroatoms. The molecule has 2 rings (SSSR count). The van der Waals surface area contributed by atoms with Crippen LogP contribution in [-0.2, 0) is 11.3 Å². The third-order valence-electron chi connectivity index (χ3n) is 3.04. The Morgan fingerprint density at radius 2 is 2.12 bits per heavy atom. The molecule has 4 nitrogen and oxygen atoms in total. The van der Waals surface area contributed by atoms with Crippen molar-refractivity contribution in [2.75, 3.05) is 26.8 Å². The predicted octanol–water partition coefficient (Wildman–Crippen LogP) is 2.02. The first-order chi connectivity index (χ1) is 8.07. The van der Waals surface area contributed by atoms with Crippen molar-refractivity contribution in [2.24, 2.45) is 0 Å². The van der Waals surface area contributed by atoms with Crippen LogP contribution in [0.3, 0.4) is 0 Å². The number of nitrogens with zero attached hydrogens (tertiary/aromatic N) is 1. The number of aliphatic hydroxyl groups is 1. The lowest BCUT2D eigenvalue weighted by atomic mass is 9.94. The average Bonchev–Trinajstić information content (AvgIpc) is 2.63. The highest BCUT2D eigenvalue weighted by Gasteiger charge is 2.31. The van der Waals surface area contributed by atoms with E-state index in [0.29, 0.717) is 39.1 Å². The van der Waals surface area contributed by atoms with E-state index in [0.717, 1.165) is 10.4 Å². The molecule has 1 aliphatic heterocycles. The minimum Gasteiger partial charge on any atom is -0.453 e. The first-order valence-corrected chi connectivity index (χ1v) is 6.60. The topological polar surface area (TPSA) is 45.8 Å². The van der Waals surface area contributed by atoms with Gasteiger partial charge in [0.1, 0.15) is 5.76 Å². The molecule has 0 bridgehead atoms. The predicted molar refractivity (Wildman–Crippen MR) is 67.7 cm³/mol. The SMILES string of the molecule is CN(Cc1ccc(Br)o1)CC1(O)CCOCC1. The number of furan rings is 1. The van der Waals surface area contributed by atoms with Crippen LogP contribution in [-0.4, -0.2) is 42.4 Å². The highest BCUT2D eigenvalue weighted by atomic mass is 79.9. The van der Waals surface area contributed by atoms with Crippen molar-refractivity contribution in [3.8, 4) is 0 Å². The van der Waals surface area contributed by atoms with Crippen molar-refractivity contribution in [2.45, 2.75) is 25.0 Å². The van der Waals surface area contributed by atoms with Gasteiger partial charge >= 0.3 is 0 Å². The highest BCUT2D eigenvalue weighted by molar-refractivity contribution is 9.10. The van der Waals surface area contributed by atoms with E-state index in [1.807, 2.05) is 19.2 Å². The van der Waals surface area contributed by atoms with Crippen LogP contribution in [0.25, 0.3) is 0 Å². The summed E-state index contributed by atoms with van der Waals surface area (Å²) in [4.78, 5) is 2.08. The third kappa shape index (κ3) is 3.81. The lowest BCUT2D eigenvalue weighted by Crippen LogP contribution is -2.45. The summed E-state index contributed by atoms with van der Waals surface area (Å²) in [7, 11) is 1.99.